The first-order valence-electron chi connectivity index (χ1n) is 13.1. The molecule has 36 heavy (non-hydrogen) atoms. The van der Waals surface area contributed by atoms with E-state index in [2.05, 4.69) is 4.90 Å². The third-order valence-electron chi connectivity index (χ3n) is 8.04. The summed E-state index contributed by atoms with van der Waals surface area (Å²) < 4.78 is 16.8. The van der Waals surface area contributed by atoms with Gasteiger partial charge in [-0.1, -0.05) is 12.1 Å². The zero-order valence-corrected chi connectivity index (χ0v) is 21.8. The maximum absolute atomic E-state index is 13.1. The normalized spacial score (nSPS) is 21.2. The smallest absolute Gasteiger partial charge is 0.231 e. The number of benzene rings is 2. The van der Waals surface area contributed by atoms with Gasteiger partial charge in [0.25, 0.3) is 0 Å². The van der Waals surface area contributed by atoms with Crippen molar-refractivity contribution in [2.75, 3.05) is 38.3 Å². The van der Waals surface area contributed by atoms with Crippen LogP contribution in [0.4, 0.5) is 5.69 Å². The molecule has 0 aliphatic carbocycles. The Kier molecular flexibility index (Phi) is 6.99. The van der Waals surface area contributed by atoms with Crippen LogP contribution in [0, 0.1) is 5.92 Å². The lowest BCUT2D eigenvalue weighted by molar-refractivity contribution is -0.118. The third-order valence-corrected chi connectivity index (χ3v) is 8.04. The number of nitrogens with zero attached hydrogens (tertiary/aromatic N) is 2. The van der Waals surface area contributed by atoms with Gasteiger partial charge in [0.05, 0.1) is 51.0 Å². The molecule has 0 saturated carbocycles. The topological polar surface area (TPSA) is 71.5 Å². The van der Waals surface area contributed by atoms with Gasteiger partial charge >= 0.3 is 0 Å². The highest BCUT2D eigenvalue weighted by Crippen LogP contribution is 2.39. The number of carbonyl (C=O) groups excluding carboxylic acids is 1. The van der Waals surface area contributed by atoms with Gasteiger partial charge in [-0.15, -0.1) is 0 Å². The SMILES string of the molecule is COc1cc2c(cc1OC(C)C)CN(c1ccc(C(C)(O)C3CCN(C4COC4)CC3)cc1)C(=O)C2. The first-order chi connectivity index (χ1) is 17.3. The van der Waals surface area contributed by atoms with E-state index in [0.717, 1.165) is 61.5 Å². The first kappa shape index (κ1) is 25.1. The molecule has 0 spiro atoms. The van der Waals surface area contributed by atoms with E-state index >= 15 is 0 Å². The van der Waals surface area contributed by atoms with E-state index in [-0.39, 0.29) is 17.9 Å². The second-order valence-corrected chi connectivity index (χ2v) is 10.8. The van der Waals surface area contributed by atoms with Crippen molar-refractivity contribution in [2.45, 2.75) is 64.3 Å². The predicted molar refractivity (Wildman–Crippen MR) is 139 cm³/mol. The van der Waals surface area contributed by atoms with Gasteiger partial charge < -0.3 is 24.2 Å². The number of ether oxygens (including phenoxy) is 3. The zero-order valence-electron chi connectivity index (χ0n) is 21.8. The molecule has 0 radical (unpaired) electrons. The molecule has 2 fully saturated rings. The van der Waals surface area contributed by atoms with Crippen LogP contribution >= 0.6 is 0 Å². The van der Waals surface area contributed by atoms with Crippen LogP contribution < -0.4 is 14.4 Å². The van der Waals surface area contributed by atoms with Crippen molar-refractivity contribution in [1.29, 1.82) is 0 Å². The maximum Gasteiger partial charge on any atom is 0.231 e. The zero-order chi connectivity index (χ0) is 25.4. The fourth-order valence-corrected chi connectivity index (χ4v) is 5.69. The van der Waals surface area contributed by atoms with Crippen LogP contribution in [0.5, 0.6) is 11.5 Å². The van der Waals surface area contributed by atoms with Crippen LogP contribution in [-0.4, -0.2) is 61.5 Å². The van der Waals surface area contributed by atoms with E-state index < -0.39 is 5.60 Å². The minimum absolute atomic E-state index is 0.0260. The van der Waals surface area contributed by atoms with Gasteiger partial charge in [0.2, 0.25) is 5.91 Å². The number of rotatable bonds is 7. The lowest BCUT2D eigenvalue weighted by Crippen LogP contribution is -2.53. The van der Waals surface area contributed by atoms with Gasteiger partial charge in [-0.05, 0) is 93.6 Å². The second-order valence-electron chi connectivity index (χ2n) is 10.8. The molecular weight excluding hydrogens is 456 g/mol. The number of likely N-dealkylation sites (tertiary alicyclic amines) is 1. The second kappa shape index (κ2) is 10.0. The van der Waals surface area contributed by atoms with Crippen molar-refractivity contribution in [3.63, 3.8) is 0 Å². The van der Waals surface area contributed by atoms with E-state index in [1.165, 1.54) is 0 Å². The minimum atomic E-state index is -0.904. The van der Waals surface area contributed by atoms with Crippen LogP contribution in [-0.2, 0) is 28.1 Å². The molecule has 7 nitrogen and oxygen atoms in total. The molecule has 3 aliphatic heterocycles. The number of aliphatic hydroxyl groups is 1. The van der Waals surface area contributed by atoms with Crippen LogP contribution in [0.1, 0.15) is 50.3 Å². The van der Waals surface area contributed by atoms with Crippen molar-refractivity contribution in [2.24, 2.45) is 5.92 Å². The third kappa shape index (κ3) is 4.84. The van der Waals surface area contributed by atoms with Crippen molar-refractivity contribution in [1.82, 2.24) is 4.90 Å². The molecule has 5 rings (SSSR count). The summed E-state index contributed by atoms with van der Waals surface area (Å²) in [6.07, 6.45) is 2.28. The fourth-order valence-electron chi connectivity index (χ4n) is 5.69. The lowest BCUT2D eigenvalue weighted by atomic mass is 9.77. The van der Waals surface area contributed by atoms with E-state index in [4.69, 9.17) is 14.2 Å². The van der Waals surface area contributed by atoms with Gasteiger partial charge in [0, 0.05) is 5.69 Å². The quantitative estimate of drug-likeness (QED) is 0.630. The Balaban J connectivity index is 1.30. The molecule has 2 aromatic rings. The lowest BCUT2D eigenvalue weighted by Gasteiger charge is -2.44. The van der Waals surface area contributed by atoms with Crippen molar-refractivity contribution >= 4 is 11.6 Å². The van der Waals surface area contributed by atoms with Crippen LogP contribution in [0.2, 0.25) is 0 Å². The summed E-state index contributed by atoms with van der Waals surface area (Å²) in [6, 6.07) is 12.3. The standard InChI is InChI=1S/C29H38N2O5/c1-19(2)36-27-14-21-16-31(28(32)15-20(21)13-26(27)34-4)24-7-5-22(6-8-24)29(3,33)23-9-11-30(12-10-23)25-17-35-18-25/h5-8,13-14,19,23,25,33H,9-12,15-18H2,1-4H3. The number of methoxy groups -OCH3 is 1. The van der Waals surface area contributed by atoms with Gasteiger partial charge in [0.1, 0.15) is 0 Å². The highest BCUT2D eigenvalue weighted by molar-refractivity contribution is 5.96. The molecule has 3 heterocycles. The molecule has 2 saturated heterocycles. The Morgan fingerprint density at radius 2 is 1.72 bits per heavy atom. The molecule has 1 N–H and O–H groups in total. The average Bonchev–Trinajstić information content (AvgIpc) is 2.82. The number of hydrogen-bond acceptors (Lipinski definition) is 6. The predicted octanol–water partition coefficient (Wildman–Crippen LogP) is 3.89. The summed E-state index contributed by atoms with van der Waals surface area (Å²) in [5.41, 5.74) is 2.87. The molecule has 0 bridgehead atoms. The Morgan fingerprint density at radius 1 is 1.06 bits per heavy atom. The highest BCUT2D eigenvalue weighted by atomic mass is 16.5. The van der Waals surface area contributed by atoms with Crippen molar-refractivity contribution in [3.05, 3.63) is 53.1 Å². The molecule has 0 aromatic heterocycles. The molecule has 3 aliphatic rings. The highest BCUT2D eigenvalue weighted by Gasteiger charge is 2.38. The Labute approximate surface area is 213 Å². The molecule has 1 amide bonds. The summed E-state index contributed by atoms with van der Waals surface area (Å²) in [6.45, 7) is 10.1. The summed E-state index contributed by atoms with van der Waals surface area (Å²) >= 11 is 0. The first-order valence-corrected chi connectivity index (χ1v) is 13.1. The summed E-state index contributed by atoms with van der Waals surface area (Å²) in [5.74, 6) is 1.61. The average molecular weight is 495 g/mol. The molecule has 1 unspecified atom stereocenters. The number of carbonyl (C=O) groups is 1. The summed E-state index contributed by atoms with van der Waals surface area (Å²) in [7, 11) is 1.62. The van der Waals surface area contributed by atoms with Gasteiger partial charge in [0.15, 0.2) is 11.5 Å². The molecule has 1 atom stereocenters. The van der Waals surface area contributed by atoms with E-state index in [0.29, 0.717) is 30.5 Å². The van der Waals surface area contributed by atoms with Gasteiger partial charge in [-0.3, -0.25) is 9.69 Å². The van der Waals surface area contributed by atoms with Crippen LogP contribution in [0.3, 0.4) is 0 Å². The maximum atomic E-state index is 13.1. The van der Waals surface area contributed by atoms with Gasteiger partial charge in [-0.25, -0.2) is 0 Å². The number of hydrogen-bond donors (Lipinski definition) is 1. The summed E-state index contributed by atoms with van der Waals surface area (Å²) in [5, 5.41) is 11.5. The summed E-state index contributed by atoms with van der Waals surface area (Å²) in [4.78, 5) is 17.4. The molecule has 7 heteroatoms. The van der Waals surface area contributed by atoms with E-state index in [1.807, 2.05) is 62.1 Å². The number of amides is 1. The van der Waals surface area contributed by atoms with E-state index in [9.17, 15) is 9.90 Å². The Bertz CT molecular complexity index is 1090. The monoisotopic (exact) mass is 494 g/mol. The largest absolute Gasteiger partial charge is 0.493 e. The molecule has 194 valence electrons. The molecule has 2 aromatic carbocycles. The van der Waals surface area contributed by atoms with Crippen LogP contribution in [0.15, 0.2) is 36.4 Å². The number of anilines is 1. The molecular formula is C29H38N2O5. The van der Waals surface area contributed by atoms with Gasteiger partial charge in [-0.2, -0.15) is 0 Å². The van der Waals surface area contributed by atoms with Crippen LogP contribution in [0.25, 0.3) is 0 Å². The number of piperidine rings is 1. The van der Waals surface area contributed by atoms with E-state index in [1.54, 1.807) is 7.11 Å². The Hall–Kier alpha value is -2.61. The van der Waals surface area contributed by atoms with Crippen molar-refractivity contribution < 1.29 is 24.1 Å². The fraction of sp³-hybridized carbons (Fsp3) is 0.552. The Morgan fingerprint density at radius 3 is 2.31 bits per heavy atom. The van der Waals surface area contributed by atoms with Crippen molar-refractivity contribution in [3.8, 4) is 11.5 Å². The number of fused-ring (bicyclic) bond motifs is 1. The minimum Gasteiger partial charge on any atom is -0.493 e.